The first-order valence-corrected chi connectivity index (χ1v) is 10.3. The van der Waals surface area contributed by atoms with Gasteiger partial charge >= 0.3 is 6.18 Å². The third-order valence-electron chi connectivity index (χ3n) is 4.71. The molecule has 0 bridgehead atoms. The molecule has 1 aliphatic carbocycles. The number of nitrogens with one attached hydrogen (secondary N) is 1. The van der Waals surface area contributed by atoms with Gasteiger partial charge in [-0.1, -0.05) is 11.8 Å². The molecular formula is C20H19F3N4O2S. The zero-order valence-corrected chi connectivity index (χ0v) is 16.8. The highest BCUT2D eigenvalue weighted by molar-refractivity contribution is 8.00. The largest absolute Gasteiger partial charge is 0.467 e. The van der Waals surface area contributed by atoms with E-state index in [2.05, 4.69) is 15.5 Å². The normalized spacial score (nSPS) is 15.2. The molecule has 1 aromatic carbocycles. The Morgan fingerprint density at radius 2 is 2.00 bits per heavy atom. The second kappa shape index (κ2) is 8.17. The van der Waals surface area contributed by atoms with E-state index in [0.29, 0.717) is 23.3 Å². The molecule has 1 aliphatic rings. The summed E-state index contributed by atoms with van der Waals surface area (Å²) in [6, 6.07) is 8.03. The van der Waals surface area contributed by atoms with Gasteiger partial charge in [-0.25, -0.2) is 0 Å². The number of aromatic nitrogens is 3. The first kappa shape index (κ1) is 20.5. The Balaban J connectivity index is 1.44. The summed E-state index contributed by atoms with van der Waals surface area (Å²) in [7, 11) is 0. The molecule has 6 nitrogen and oxygen atoms in total. The Morgan fingerprint density at radius 1 is 1.27 bits per heavy atom. The van der Waals surface area contributed by atoms with Crippen LogP contribution >= 0.6 is 11.8 Å². The minimum absolute atomic E-state index is 0.302. The summed E-state index contributed by atoms with van der Waals surface area (Å²) >= 11 is 1.25. The molecule has 10 heteroatoms. The van der Waals surface area contributed by atoms with Crippen molar-refractivity contribution in [3.8, 4) is 0 Å². The van der Waals surface area contributed by atoms with Crippen molar-refractivity contribution in [2.75, 3.05) is 5.32 Å². The number of halogens is 3. The average molecular weight is 436 g/mol. The van der Waals surface area contributed by atoms with Gasteiger partial charge in [0.25, 0.3) is 0 Å². The molecular weight excluding hydrogens is 417 g/mol. The van der Waals surface area contributed by atoms with Gasteiger partial charge in [-0.2, -0.15) is 13.2 Å². The summed E-state index contributed by atoms with van der Waals surface area (Å²) in [6.45, 7) is 2.19. The molecule has 3 aromatic rings. The fraction of sp³-hybridized carbons (Fsp3) is 0.350. The maximum atomic E-state index is 12.7. The highest BCUT2D eigenvalue weighted by Crippen LogP contribution is 2.40. The van der Waals surface area contributed by atoms with Gasteiger partial charge in [0.1, 0.15) is 11.6 Å². The molecule has 1 atom stereocenters. The molecule has 2 heterocycles. The lowest BCUT2D eigenvalue weighted by Crippen LogP contribution is -2.23. The van der Waals surface area contributed by atoms with Gasteiger partial charge in [0, 0.05) is 11.6 Å². The van der Waals surface area contributed by atoms with E-state index in [1.165, 1.54) is 23.9 Å². The number of carbonyl (C=O) groups is 1. The SMILES string of the molecule is CC(Sc1nnc(C2CC2)n1Cc1ccco1)C(=O)Nc1ccc(C(F)(F)F)cc1. The number of thioether (sulfide) groups is 1. The van der Waals surface area contributed by atoms with E-state index in [1.807, 2.05) is 16.7 Å². The van der Waals surface area contributed by atoms with Gasteiger partial charge in [-0.05, 0) is 56.2 Å². The lowest BCUT2D eigenvalue weighted by atomic mass is 10.2. The van der Waals surface area contributed by atoms with E-state index >= 15 is 0 Å². The molecule has 4 rings (SSSR count). The number of benzene rings is 1. The van der Waals surface area contributed by atoms with Crippen molar-refractivity contribution in [1.29, 1.82) is 0 Å². The van der Waals surface area contributed by atoms with E-state index in [-0.39, 0.29) is 5.91 Å². The quantitative estimate of drug-likeness (QED) is 0.532. The van der Waals surface area contributed by atoms with Crippen molar-refractivity contribution in [3.05, 3.63) is 59.8 Å². The fourth-order valence-electron chi connectivity index (χ4n) is 2.94. The Morgan fingerprint density at radius 3 is 2.60 bits per heavy atom. The first-order valence-electron chi connectivity index (χ1n) is 9.41. The number of anilines is 1. The van der Waals surface area contributed by atoms with Gasteiger partial charge in [0.15, 0.2) is 5.16 Å². The van der Waals surface area contributed by atoms with Crippen LogP contribution in [0.1, 0.15) is 42.8 Å². The van der Waals surface area contributed by atoms with Crippen LogP contribution in [0.5, 0.6) is 0 Å². The van der Waals surface area contributed by atoms with Crippen LogP contribution in [0, 0.1) is 0 Å². The smallest absolute Gasteiger partial charge is 0.416 e. The summed E-state index contributed by atoms with van der Waals surface area (Å²) in [6.07, 6.45) is -0.692. The molecule has 0 spiro atoms. The number of hydrogen-bond acceptors (Lipinski definition) is 5. The predicted octanol–water partition coefficient (Wildman–Crippen LogP) is 4.93. The minimum atomic E-state index is -4.41. The molecule has 1 unspecified atom stereocenters. The minimum Gasteiger partial charge on any atom is -0.467 e. The highest BCUT2D eigenvalue weighted by atomic mass is 32.2. The molecule has 1 fully saturated rings. The van der Waals surface area contributed by atoms with E-state index in [1.54, 1.807) is 13.2 Å². The molecule has 0 saturated heterocycles. The Bertz CT molecular complexity index is 1010. The summed E-state index contributed by atoms with van der Waals surface area (Å²) in [5.41, 5.74) is -0.460. The third kappa shape index (κ3) is 4.69. The Labute approximate surface area is 174 Å². The van der Waals surface area contributed by atoms with Gasteiger partial charge in [0.05, 0.1) is 23.6 Å². The zero-order valence-electron chi connectivity index (χ0n) is 16.0. The predicted molar refractivity (Wildman–Crippen MR) is 105 cm³/mol. The molecule has 0 aliphatic heterocycles. The van der Waals surface area contributed by atoms with Crippen molar-refractivity contribution < 1.29 is 22.4 Å². The van der Waals surface area contributed by atoms with Crippen LogP contribution in [-0.2, 0) is 17.5 Å². The van der Waals surface area contributed by atoms with E-state index in [9.17, 15) is 18.0 Å². The average Bonchev–Trinajstić information content (AvgIpc) is 3.27. The van der Waals surface area contributed by atoms with Crippen LogP contribution in [-0.4, -0.2) is 25.9 Å². The monoisotopic (exact) mass is 436 g/mol. The van der Waals surface area contributed by atoms with Crippen molar-refractivity contribution in [2.24, 2.45) is 0 Å². The molecule has 1 amide bonds. The maximum Gasteiger partial charge on any atom is 0.416 e. The van der Waals surface area contributed by atoms with Gasteiger partial charge in [-0.3, -0.25) is 9.36 Å². The second-order valence-electron chi connectivity index (χ2n) is 7.10. The van der Waals surface area contributed by atoms with Crippen LogP contribution in [0.3, 0.4) is 0 Å². The van der Waals surface area contributed by atoms with Crippen LogP contribution in [0.2, 0.25) is 0 Å². The van der Waals surface area contributed by atoms with Crippen LogP contribution in [0.15, 0.2) is 52.2 Å². The van der Waals surface area contributed by atoms with Gasteiger partial charge < -0.3 is 9.73 Å². The molecule has 30 heavy (non-hydrogen) atoms. The van der Waals surface area contributed by atoms with E-state index in [4.69, 9.17) is 4.42 Å². The highest BCUT2D eigenvalue weighted by Gasteiger charge is 2.32. The van der Waals surface area contributed by atoms with Crippen molar-refractivity contribution in [1.82, 2.24) is 14.8 Å². The van der Waals surface area contributed by atoms with Crippen LogP contribution < -0.4 is 5.32 Å². The molecule has 1 N–H and O–H groups in total. The van der Waals surface area contributed by atoms with Gasteiger partial charge in [-0.15, -0.1) is 10.2 Å². The van der Waals surface area contributed by atoms with Crippen molar-refractivity contribution >= 4 is 23.4 Å². The fourth-order valence-corrected chi connectivity index (χ4v) is 3.79. The number of amides is 1. The van der Waals surface area contributed by atoms with E-state index < -0.39 is 17.0 Å². The summed E-state index contributed by atoms with van der Waals surface area (Å²) in [4.78, 5) is 12.5. The van der Waals surface area contributed by atoms with Crippen molar-refractivity contribution in [3.63, 3.8) is 0 Å². The second-order valence-corrected chi connectivity index (χ2v) is 8.41. The number of nitrogens with zero attached hydrogens (tertiary/aromatic N) is 3. The summed E-state index contributed by atoms with van der Waals surface area (Å²) in [5, 5.41) is 11.3. The lowest BCUT2D eigenvalue weighted by Gasteiger charge is -2.14. The third-order valence-corrected chi connectivity index (χ3v) is 5.79. The van der Waals surface area contributed by atoms with Crippen molar-refractivity contribution in [2.45, 2.75) is 48.8 Å². The summed E-state index contributed by atoms with van der Waals surface area (Å²) in [5.74, 6) is 1.68. The Hall–Kier alpha value is -2.75. The summed E-state index contributed by atoms with van der Waals surface area (Å²) < 4.78 is 45.4. The molecule has 0 radical (unpaired) electrons. The lowest BCUT2D eigenvalue weighted by molar-refractivity contribution is -0.137. The Kier molecular flexibility index (Phi) is 5.59. The molecule has 158 valence electrons. The number of furan rings is 1. The van der Waals surface area contributed by atoms with E-state index in [0.717, 1.165) is 36.6 Å². The molecule has 1 saturated carbocycles. The van der Waals surface area contributed by atoms with Crippen LogP contribution in [0.4, 0.5) is 18.9 Å². The number of hydrogen-bond donors (Lipinski definition) is 1. The number of rotatable bonds is 7. The standard InChI is InChI=1S/C20H19F3N4O2S/c1-12(18(28)24-15-8-6-14(7-9-15)20(21,22)23)30-19-26-25-17(13-4-5-13)27(19)11-16-3-2-10-29-16/h2-3,6-10,12-13H,4-5,11H2,1H3,(H,24,28). The number of alkyl halides is 3. The topological polar surface area (TPSA) is 73.0 Å². The number of carbonyl (C=O) groups excluding carboxylic acids is 1. The zero-order chi connectivity index (χ0) is 21.3. The van der Waals surface area contributed by atoms with Gasteiger partial charge in [0.2, 0.25) is 5.91 Å². The first-order chi connectivity index (χ1) is 14.3. The van der Waals surface area contributed by atoms with Crippen LogP contribution in [0.25, 0.3) is 0 Å². The molecule has 2 aromatic heterocycles. The maximum absolute atomic E-state index is 12.7.